The number of urea groups is 1. The Morgan fingerprint density at radius 1 is 0.692 bits per heavy atom. The maximum Gasteiger partial charge on any atom is 0.333 e. The first kappa shape index (κ1) is 37.7. The maximum atomic E-state index is 13.6. The predicted molar refractivity (Wildman–Crippen MR) is 200 cm³/mol. The number of anilines is 2. The van der Waals surface area contributed by atoms with E-state index in [-0.39, 0.29) is 24.0 Å². The first-order valence-electron chi connectivity index (χ1n) is 14.8. The van der Waals surface area contributed by atoms with E-state index in [0.29, 0.717) is 52.4 Å². The van der Waals surface area contributed by atoms with Gasteiger partial charge in [0.25, 0.3) is 11.8 Å². The van der Waals surface area contributed by atoms with Crippen molar-refractivity contribution in [2.45, 2.75) is 22.6 Å². The van der Waals surface area contributed by atoms with Crippen LogP contribution in [0.1, 0.15) is 12.8 Å². The predicted octanol–water partition coefficient (Wildman–Crippen LogP) is 6.91. The molecule has 0 unspecified atom stereocenters. The number of carbonyl (C=O) groups excluding carboxylic acids is 3. The average molecular weight is 822 g/mol. The second-order valence-corrected chi connectivity index (χ2v) is 17.3. The van der Waals surface area contributed by atoms with E-state index < -0.39 is 48.1 Å². The zero-order valence-electron chi connectivity index (χ0n) is 27.0. The van der Waals surface area contributed by atoms with Crippen molar-refractivity contribution in [3.63, 3.8) is 0 Å². The molecule has 13 nitrogen and oxygen atoms in total. The molecule has 3 aliphatic heterocycles. The Bertz CT molecular complexity index is 2270. The Hall–Kier alpha value is -4.07. The van der Waals surface area contributed by atoms with E-state index in [1.807, 2.05) is 0 Å². The van der Waals surface area contributed by atoms with Gasteiger partial charge >= 0.3 is 26.3 Å². The summed E-state index contributed by atoms with van der Waals surface area (Å²) in [6.45, 7) is 7.13. The van der Waals surface area contributed by atoms with Crippen LogP contribution >= 0.6 is 46.7 Å². The molecular weight excluding hydrogens is 796 g/mol. The molecule has 2 fully saturated rings. The van der Waals surface area contributed by atoms with Crippen LogP contribution in [-0.4, -0.2) is 67.7 Å². The first-order chi connectivity index (χ1) is 24.3. The van der Waals surface area contributed by atoms with E-state index in [9.17, 15) is 40.3 Å². The molecule has 2 aromatic carbocycles. The molecule has 0 spiro atoms. The molecule has 1 saturated heterocycles. The van der Waals surface area contributed by atoms with Crippen molar-refractivity contribution in [1.29, 1.82) is 0 Å². The fourth-order valence-corrected chi connectivity index (χ4v) is 9.19. The summed E-state index contributed by atoms with van der Waals surface area (Å²) in [6.07, 6.45) is 6.87. The monoisotopic (exact) mass is 820 g/mol. The minimum Gasteiger partial charge on any atom is -0.292 e. The summed E-state index contributed by atoms with van der Waals surface area (Å²) in [4.78, 5) is 45.1. The number of halogens is 2. The standard InChI is InChI=1S/C33H26Cl2N4O9S4/c1-17(51(43,44)45)38-23-15-21(34)9-11-25(23)49-27(38)13-7-19-5-6-20(29(19)30-31(40)36(3)33(42)37(4)32(30)41)8-14-28-39(18(2)52(46,47)48)24-16-22(35)10-12-26(24)50-28/h7-16H,1-2,5-6H2,3-4H3,(H,43,44,45)(H,46,47,48)/b19-7-,20-8?,27-13-,28-14-. The summed E-state index contributed by atoms with van der Waals surface area (Å²) in [5.41, 5.74) is 1.58. The summed E-state index contributed by atoms with van der Waals surface area (Å²) in [6, 6.07) is 8.78. The summed E-state index contributed by atoms with van der Waals surface area (Å²) < 4.78 is 68.6. The van der Waals surface area contributed by atoms with E-state index >= 15 is 0 Å². The highest BCUT2D eigenvalue weighted by Crippen LogP contribution is 2.51. The molecule has 4 aliphatic rings. The molecule has 4 amide bonds. The van der Waals surface area contributed by atoms with Crippen LogP contribution in [0.5, 0.6) is 0 Å². The molecular formula is C33H26Cl2N4O9S4. The van der Waals surface area contributed by atoms with E-state index in [4.69, 9.17) is 23.2 Å². The van der Waals surface area contributed by atoms with Crippen molar-refractivity contribution < 1.29 is 40.3 Å². The van der Waals surface area contributed by atoms with Crippen molar-refractivity contribution in [2.75, 3.05) is 23.9 Å². The van der Waals surface area contributed by atoms with Gasteiger partial charge in [0.2, 0.25) is 0 Å². The lowest BCUT2D eigenvalue weighted by Crippen LogP contribution is -2.53. The molecule has 0 aromatic heterocycles. The first-order valence-corrected chi connectivity index (χ1v) is 20.1. The van der Waals surface area contributed by atoms with Gasteiger partial charge in [-0.15, -0.1) is 0 Å². The fraction of sp³-hybridized carbons (Fsp3) is 0.121. The van der Waals surface area contributed by atoms with Crippen LogP contribution in [0.25, 0.3) is 0 Å². The van der Waals surface area contributed by atoms with Gasteiger partial charge in [-0.3, -0.25) is 38.3 Å². The minimum atomic E-state index is -4.75. The smallest absolute Gasteiger partial charge is 0.292 e. The number of hydrogen-bond acceptors (Lipinski definition) is 11. The summed E-state index contributed by atoms with van der Waals surface area (Å²) in [5, 5.41) is -0.0351. The Morgan fingerprint density at radius 2 is 1.08 bits per heavy atom. The zero-order valence-corrected chi connectivity index (χ0v) is 31.8. The number of imide groups is 2. The molecule has 0 bridgehead atoms. The summed E-state index contributed by atoms with van der Waals surface area (Å²) in [7, 11) is -7.02. The SMILES string of the molecule is C=C(N1/C(=C/C=C2CC/C(=C/C=C3\Sc4ccc(Cl)cc4N3C(=C)S(=O)(=O)O)C2=C2C(=O)N(C)C(=O)N(C)C2=O)Sc2ccc(Cl)cc21)S(=O)(=O)O. The minimum absolute atomic E-state index is 0.210. The number of barbiturate groups is 1. The highest BCUT2D eigenvalue weighted by atomic mass is 35.5. The van der Waals surface area contributed by atoms with Crippen LogP contribution < -0.4 is 9.80 Å². The molecule has 2 N–H and O–H groups in total. The van der Waals surface area contributed by atoms with E-state index in [0.717, 1.165) is 33.3 Å². The number of carbonyl (C=O) groups is 3. The Morgan fingerprint density at radius 3 is 1.44 bits per heavy atom. The molecule has 1 saturated carbocycles. The van der Waals surface area contributed by atoms with Gasteiger partial charge in [-0.05, 0) is 78.1 Å². The number of nitrogens with zero attached hydrogens (tertiary/aromatic N) is 4. The lowest BCUT2D eigenvalue weighted by Gasteiger charge is -2.30. The fourth-order valence-electron chi connectivity index (χ4n) is 5.78. The lowest BCUT2D eigenvalue weighted by molar-refractivity contribution is -0.134. The van der Waals surface area contributed by atoms with Crippen molar-refractivity contribution in [2.24, 2.45) is 0 Å². The topological polar surface area (TPSA) is 173 Å². The van der Waals surface area contributed by atoms with Crippen molar-refractivity contribution in [1.82, 2.24) is 9.80 Å². The number of amides is 4. The van der Waals surface area contributed by atoms with Crippen molar-refractivity contribution in [3.8, 4) is 0 Å². The number of hydrogen-bond donors (Lipinski definition) is 2. The molecule has 6 rings (SSSR count). The molecule has 2 aromatic rings. The van der Waals surface area contributed by atoms with Crippen LogP contribution in [0, 0.1) is 0 Å². The van der Waals surface area contributed by atoms with Crippen LogP contribution in [0.2, 0.25) is 10.0 Å². The molecule has 52 heavy (non-hydrogen) atoms. The lowest BCUT2D eigenvalue weighted by atomic mass is 9.95. The number of rotatable bonds is 6. The summed E-state index contributed by atoms with van der Waals surface area (Å²) in [5.74, 6) is -1.70. The van der Waals surface area contributed by atoms with Gasteiger partial charge in [-0.1, -0.05) is 72.0 Å². The molecule has 270 valence electrons. The third-order valence-corrected chi connectivity index (χ3v) is 12.5. The maximum absolute atomic E-state index is 13.6. The number of fused-ring (bicyclic) bond motifs is 2. The average Bonchev–Trinajstić information content (AvgIpc) is 3.75. The number of allylic oxidation sites excluding steroid dienone is 7. The van der Waals surface area contributed by atoms with Crippen LogP contribution in [0.4, 0.5) is 16.2 Å². The van der Waals surface area contributed by atoms with Gasteiger partial charge in [0.05, 0.1) is 21.4 Å². The second-order valence-electron chi connectivity index (χ2n) is 11.5. The Balaban J connectivity index is 1.50. The normalized spacial score (nSPS) is 21.1. The van der Waals surface area contributed by atoms with Gasteiger partial charge in [0.1, 0.15) is 5.57 Å². The third kappa shape index (κ3) is 6.78. The molecule has 0 atom stereocenters. The van der Waals surface area contributed by atoms with Crippen molar-refractivity contribution >= 4 is 96.2 Å². The van der Waals surface area contributed by atoms with Gasteiger partial charge in [-0.25, -0.2) is 4.79 Å². The summed E-state index contributed by atoms with van der Waals surface area (Å²) >= 11 is 14.7. The number of likely N-dealkylation sites (N-methyl/N-ethyl adjacent to an activating group) is 2. The van der Waals surface area contributed by atoms with Gasteiger partial charge in [0.15, 0.2) is 10.1 Å². The molecule has 1 aliphatic carbocycles. The van der Waals surface area contributed by atoms with Crippen LogP contribution in [-0.2, 0) is 29.8 Å². The van der Waals surface area contributed by atoms with Gasteiger partial charge < -0.3 is 0 Å². The number of benzene rings is 2. The quantitative estimate of drug-likeness (QED) is 0.175. The van der Waals surface area contributed by atoms with E-state index in [1.165, 1.54) is 36.0 Å². The van der Waals surface area contributed by atoms with Gasteiger partial charge in [-0.2, -0.15) is 16.8 Å². The van der Waals surface area contributed by atoms with E-state index in [2.05, 4.69) is 13.2 Å². The molecule has 3 heterocycles. The Kier molecular flexibility index (Phi) is 9.95. The highest BCUT2D eigenvalue weighted by molar-refractivity contribution is 8.04. The molecule has 19 heteroatoms. The molecule has 0 radical (unpaired) electrons. The largest absolute Gasteiger partial charge is 0.333 e. The van der Waals surface area contributed by atoms with E-state index in [1.54, 1.807) is 48.6 Å². The third-order valence-electron chi connectivity index (χ3n) is 8.31. The van der Waals surface area contributed by atoms with Crippen LogP contribution in [0.15, 0.2) is 126 Å². The highest BCUT2D eigenvalue weighted by Gasteiger charge is 2.42. The van der Waals surface area contributed by atoms with Gasteiger partial charge in [0, 0.05) is 33.9 Å². The second kappa shape index (κ2) is 13.7. The van der Waals surface area contributed by atoms with Crippen molar-refractivity contribution in [3.05, 3.63) is 126 Å². The Labute approximate surface area is 317 Å². The number of thioether (sulfide) groups is 2. The zero-order chi connectivity index (χ0) is 38.0. The van der Waals surface area contributed by atoms with Crippen LogP contribution in [0.3, 0.4) is 0 Å².